The fraction of sp³-hybridized carbons (Fsp3) is 0.300. The standard InChI is InChI=1S/C20H21NO4/c22-19(15-7-3-1-4-8-15)24-13-17-11-12-18(21-17)14-25-20(23)16-9-5-2-6-10-16/h1-10,17-18,21H,11-14H2/t17-,18-/m0/s1. The van der Waals surface area contributed by atoms with Crippen molar-refractivity contribution in [3.8, 4) is 0 Å². The molecule has 2 atom stereocenters. The molecule has 0 radical (unpaired) electrons. The number of nitrogens with one attached hydrogen (secondary N) is 1. The molecule has 0 aromatic heterocycles. The van der Waals surface area contributed by atoms with Crippen molar-refractivity contribution in [3.63, 3.8) is 0 Å². The van der Waals surface area contributed by atoms with Crippen LogP contribution in [0.4, 0.5) is 0 Å². The van der Waals surface area contributed by atoms with Crippen molar-refractivity contribution in [1.29, 1.82) is 0 Å². The molecule has 25 heavy (non-hydrogen) atoms. The Labute approximate surface area is 147 Å². The Hall–Kier alpha value is -2.66. The Bertz CT molecular complexity index is 641. The predicted molar refractivity (Wildman–Crippen MR) is 93.4 cm³/mol. The highest BCUT2D eigenvalue weighted by Gasteiger charge is 2.26. The van der Waals surface area contributed by atoms with Crippen LogP contribution in [0, 0.1) is 0 Å². The number of hydrogen-bond donors (Lipinski definition) is 1. The van der Waals surface area contributed by atoms with Crippen LogP contribution < -0.4 is 5.32 Å². The lowest BCUT2D eigenvalue weighted by molar-refractivity contribution is 0.0449. The minimum Gasteiger partial charge on any atom is -0.460 e. The van der Waals surface area contributed by atoms with E-state index < -0.39 is 0 Å². The molecule has 1 aliphatic heterocycles. The maximum Gasteiger partial charge on any atom is 0.338 e. The van der Waals surface area contributed by atoms with Gasteiger partial charge in [0.1, 0.15) is 13.2 Å². The first-order valence-electron chi connectivity index (χ1n) is 8.43. The lowest BCUT2D eigenvalue weighted by Crippen LogP contribution is -2.36. The van der Waals surface area contributed by atoms with Crippen LogP contribution in [0.25, 0.3) is 0 Å². The Morgan fingerprint density at radius 1 is 0.760 bits per heavy atom. The molecule has 2 aromatic carbocycles. The average molecular weight is 339 g/mol. The molecule has 0 aliphatic carbocycles. The van der Waals surface area contributed by atoms with E-state index in [1.165, 1.54) is 0 Å². The van der Waals surface area contributed by atoms with Crippen LogP contribution in [-0.4, -0.2) is 37.2 Å². The molecule has 0 unspecified atom stereocenters. The zero-order valence-electron chi connectivity index (χ0n) is 13.9. The highest BCUT2D eigenvalue weighted by molar-refractivity contribution is 5.89. The van der Waals surface area contributed by atoms with Gasteiger partial charge in [-0.15, -0.1) is 0 Å². The molecule has 1 N–H and O–H groups in total. The summed E-state index contributed by atoms with van der Waals surface area (Å²) in [7, 11) is 0. The van der Waals surface area contributed by atoms with E-state index in [9.17, 15) is 9.59 Å². The third-order valence-corrected chi connectivity index (χ3v) is 4.19. The Morgan fingerprint density at radius 2 is 1.16 bits per heavy atom. The molecule has 1 heterocycles. The summed E-state index contributed by atoms with van der Waals surface area (Å²) in [5.74, 6) is -0.636. The molecule has 2 aromatic rings. The van der Waals surface area contributed by atoms with E-state index in [0.29, 0.717) is 24.3 Å². The van der Waals surface area contributed by atoms with Crippen molar-refractivity contribution in [2.45, 2.75) is 24.9 Å². The molecule has 0 spiro atoms. The number of carbonyl (C=O) groups is 2. The van der Waals surface area contributed by atoms with E-state index in [0.717, 1.165) is 12.8 Å². The normalized spacial score (nSPS) is 19.4. The van der Waals surface area contributed by atoms with Crippen molar-refractivity contribution < 1.29 is 19.1 Å². The van der Waals surface area contributed by atoms with Crippen molar-refractivity contribution in [2.75, 3.05) is 13.2 Å². The van der Waals surface area contributed by atoms with E-state index in [1.807, 2.05) is 36.4 Å². The SMILES string of the molecule is O=C(OC[C@@H]1CC[C@@H](COC(=O)c2ccccc2)N1)c1ccccc1. The van der Waals surface area contributed by atoms with Crippen LogP contribution in [0.2, 0.25) is 0 Å². The highest BCUT2D eigenvalue weighted by atomic mass is 16.5. The Kier molecular flexibility index (Phi) is 5.80. The lowest BCUT2D eigenvalue weighted by atomic mass is 10.2. The number of carbonyl (C=O) groups excluding carboxylic acids is 2. The van der Waals surface area contributed by atoms with Crippen molar-refractivity contribution in [1.82, 2.24) is 5.32 Å². The van der Waals surface area contributed by atoms with Crippen LogP contribution in [0.5, 0.6) is 0 Å². The molecule has 5 nitrogen and oxygen atoms in total. The topological polar surface area (TPSA) is 64.6 Å². The van der Waals surface area contributed by atoms with Gasteiger partial charge in [-0.25, -0.2) is 9.59 Å². The van der Waals surface area contributed by atoms with Gasteiger partial charge in [-0.2, -0.15) is 0 Å². The van der Waals surface area contributed by atoms with Gasteiger partial charge in [-0.3, -0.25) is 0 Å². The number of hydrogen-bond acceptors (Lipinski definition) is 5. The second-order valence-electron chi connectivity index (χ2n) is 6.07. The molecule has 5 heteroatoms. The molecule has 3 rings (SSSR count). The Balaban J connectivity index is 1.39. The monoisotopic (exact) mass is 339 g/mol. The minimum absolute atomic E-state index is 0.0908. The minimum atomic E-state index is -0.318. The smallest absolute Gasteiger partial charge is 0.338 e. The van der Waals surface area contributed by atoms with Crippen LogP contribution in [0.15, 0.2) is 60.7 Å². The summed E-state index contributed by atoms with van der Waals surface area (Å²) < 4.78 is 10.7. The van der Waals surface area contributed by atoms with Gasteiger partial charge in [0, 0.05) is 12.1 Å². The third kappa shape index (κ3) is 4.90. The van der Waals surface area contributed by atoms with Gasteiger partial charge in [-0.1, -0.05) is 36.4 Å². The van der Waals surface area contributed by atoms with E-state index in [1.54, 1.807) is 24.3 Å². The molecule has 0 saturated carbocycles. The summed E-state index contributed by atoms with van der Waals surface area (Å²) >= 11 is 0. The van der Waals surface area contributed by atoms with Gasteiger partial charge < -0.3 is 14.8 Å². The summed E-state index contributed by atoms with van der Waals surface area (Å²) in [5.41, 5.74) is 1.10. The first-order chi connectivity index (χ1) is 12.2. The van der Waals surface area contributed by atoms with Gasteiger partial charge in [-0.05, 0) is 37.1 Å². The number of esters is 2. The molecular formula is C20H21NO4. The van der Waals surface area contributed by atoms with Crippen LogP contribution in [-0.2, 0) is 9.47 Å². The second kappa shape index (κ2) is 8.44. The van der Waals surface area contributed by atoms with Gasteiger partial charge in [0.2, 0.25) is 0 Å². The van der Waals surface area contributed by atoms with Gasteiger partial charge in [0.15, 0.2) is 0 Å². The largest absolute Gasteiger partial charge is 0.460 e. The summed E-state index contributed by atoms with van der Waals surface area (Å²) in [5, 5.41) is 3.35. The molecule has 1 fully saturated rings. The molecule has 1 aliphatic rings. The molecular weight excluding hydrogens is 318 g/mol. The van der Waals surface area contributed by atoms with Crippen LogP contribution in [0.3, 0.4) is 0 Å². The highest BCUT2D eigenvalue weighted by Crippen LogP contribution is 2.14. The number of benzene rings is 2. The van der Waals surface area contributed by atoms with Gasteiger partial charge in [0.05, 0.1) is 11.1 Å². The zero-order valence-corrected chi connectivity index (χ0v) is 13.9. The Morgan fingerprint density at radius 3 is 1.56 bits per heavy atom. The fourth-order valence-electron chi connectivity index (χ4n) is 2.83. The van der Waals surface area contributed by atoms with Crippen molar-refractivity contribution in [2.24, 2.45) is 0 Å². The summed E-state index contributed by atoms with van der Waals surface area (Å²) in [4.78, 5) is 23.9. The quantitative estimate of drug-likeness (QED) is 0.820. The van der Waals surface area contributed by atoms with Crippen molar-refractivity contribution >= 4 is 11.9 Å². The van der Waals surface area contributed by atoms with E-state index in [-0.39, 0.29) is 24.0 Å². The van der Waals surface area contributed by atoms with Crippen LogP contribution in [0.1, 0.15) is 33.6 Å². The zero-order chi connectivity index (χ0) is 17.5. The third-order valence-electron chi connectivity index (χ3n) is 4.19. The first-order valence-corrected chi connectivity index (χ1v) is 8.43. The van der Waals surface area contributed by atoms with Crippen LogP contribution >= 0.6 is 0 Å². The van der Waals surface area contributed by atoms with E-state index in [4.69, 9.17) is 9.47 Å². The number of rotatable bonds is 6. The van der Waals surface area contributed by atoms with Gasteiger partial charge >= 0.3 is 11.9 Å². The fourth-order valence-corrected chi connectivity index (χ4v) is 2.83. The van der Waals surface area contributed by atoms with Crippen molar-refractivity contribution in [3.05, 3.63) is 71.8 Å². The molecule has 130 valence electrons. The number of ether oxygens (including phenoxy) is 2. The maximum atomic E-state index is 11.9. The van der Waals surface area contributed by atoms with E-state index in [2.05, 4.69) is 5.32 Å². The summed E-state index contributed by atoms with van der Waals surface area (Å²) in [6, 6.07) is 18.1. The second-order valence-corrected chi connectivity index (χ2v) is 6.07. The molecule has 1 saturated heterocycles. The molecule has 0 bridgehead atoms. The lowest BCUT2D eigenvalue weighted by Gasteiger charge is -2.15. The molecule has 0 amide bonds. The average Bonchev–Trinajstić information content (AvgIpc) is 3.13. The first kappa shape index (κ1) is 17.2. The predicted octanol–water partition coefficient (Wildman–Crippen LogP) is 2.82. The summed E-state index contributed by atoms with van der Waals surface area (Å²) in [6.45, 7) is 0.633. The van der Waals surface area contributed by atoms with E-state index >= 15 is 0 Å². The maximum absolute atomic E-state index is 11.9. The van der Waals surface area contributed by atoms with Gasteiger partial charge in [0.25, 0.3) is 0 Å². The summed E-state index contributed by atoms with van der Waals surface area (Å²) in [6.07, 6.45) is 1.77.